The fraction of sp³-hybridized carbons (Fsp3) is 0.176. The number of para-hydroxylation sites is 1. The van der Waals surface area contributed by atoms with Crippen LogP contribution in [-0.4, -0.2) is 15.3 Å². The van der Waals surface area contributed by atoms with Crippen LogP contribution in [0.4, 0.5) is 0 Å². The van der Waals surface area contributed by atoms with Gasteiger partial charge in [-0.2, -0.15) is 0 Å². The van der Waals surface area contributed by atoms with Crippen molar-refractivity contribution in [2.45, 2.75) is 11.6 Å². The van der Waals surface area contributed by atoms with Gasteiger partial charge in [0.25, 0.3) is 5.56 Å². The van der Waals surface area contributed by atoms with Crippen molar-refractivity contribution in [2.24, 2.45) is 7.05 Å². The van der Waals surface area contributed by atoms with Gasteiger partial charge in [-0.3, -0.25) is 9.36 Å². The van der Waals surface area contributed by atoms with Gasteiger partial charge in [0.2, 0.25) is 0 Å². The van der Waals surface area contributed by atoms with Gasteiger partial charge in [-0.1, -0.05) is 54.2 Å². The molecule has 0 N–H and O–H groups in total. The van der Waals surface area contributed by atoms with Gasteiger partial charge in [-0.15, -0.1) is 0 Å². The Morgan fingerprint density at radius 3 is 2.57 bits per heavy atom. The van der Waals surface area contributed by atoms with E-state index in [0.29, 0.717) is 5.39 Å². The Morgan fingerprint density at radius 1 is 1.05 bits per heavy atom. The molecule has 2 aromatic carbocycles. The number of fused-ring (bicyclic) bond motifs is 1. The highest BCUT2D eigenvalue weighted by molar-refractivity contribution is 7.99. The number of hydrogen-bond acceptors (Lipinski definition) is 3. The zero-order chi connectivity index (χ0) is 14.7. The molecule has 0 unspecified atom stereocenters. The summed E-state index contributed by atoms with van der Waals surface area (Å²) >= 11 is 1.62. The summed E-state index contributed by atoms with van der Waals surface area (Å²) in [6.45, 7) is 0. The molecule has 0 atom stereocenters. The summed E-state index contributed by atoms with van der Waals surface area (Å²) in [5.74, 6) is 0.905. The van der Waals surface area contributed by atoms with Crippen molar-refractivity contribution in [1.82, 2.24) is 9.55 Å². The Hall–Kier alpha value is -2.07. The van der Waals surface area contributed by atoms with Gasteiger partial charge in [0.15, 0.2) is 5.16 Å². The fourth-order valence-electron chi connectivity index (χ4n) is 2.23. The van der Waals surface area contributed by atoms with E-state index in [1.54, 1.807) is 23.4 Å². The summed E-state index contributed by atoms with van der Waals surface area (Å²) in [4.78, 5) is 16.9. The Labute approximate surface area is 127 Å². The maximum atomic E-state index is 12.3. The van der Waals surface area contributed by atoms with Crippen LogP contribution in [0.15, 0.2) is 64.5 Å². The van der Waals surface area contributed by atoms with Crippen LogP contribution in [-0.2, 0) is 13.5 Å². The molecule has 4 heteroatoms. The molecule has 0 aliphatic carbocycles. The third kappa shape index (κ3) is 3.00. The molecule has 21 heavy (non-hydrogen) atoms. The second kappa shape index (κ2) is 6.14. The third-order valence-corrected chi connectivity index (χ3v) is 4.44. The van der Waals surface area contributed by atoms with Crippen molar-refractivity contribution in [3.63, 3.8) is 0 Å². The largest absolute Gasteiger partial charge is 0.290 e. The molecule has 1 heterocycles. The molecule has 0 saturated heterocycles. The molecule has 0 amide bonds. The zero-order valence-corrected chi connectivity index (χ0v) is 12.6. The van der Waals surface area contributed by atoms with Gasteiger partial charge in [0.05, 0.1) is 10.9 Å². The fourth-order valence-corrected chi connectivity index (χ4v) is 3.19. The lowest BCUT2D eigenvalue weighted by atomic mass is 10.2. The van der Waals surface area contributed by atoms with Crippen molar-refractivity contribution in [3.8, 4) is 0 Å². The lowest BCUT2D eigenvalue weighted by Gasteiger charge is -2.08. The van der Waals surface area contributed by atoms with Gasteiger partial charge in [0, 0.05) is 12.8 Å². The van der Waals surface area contributed by atoms with Crippen molar-refractivity contribution in [3.05, 3.63) is 70.5 Å². The summed E-state index contributed by atoms with van der Waals surface area (Å²) in [5, 5.41) is 1.45. The highest BCUT2D eigenvalue weighted by atomic mass is 32.2. The molecule has 1 aromatic heterocycles. The van der Waals surface area contributed by atoms with Gasteiger partial charge in [-0.25, -0.2) is 4.98 Å². The average molecular weight is 296 g/mol. The van der Waals surface area contributed by atoms with Gasteiger partial charge >= 0.3 is 0 Å². The van der Waals surface area contributed by atoms with Crippen LogP contribution in [0.3, 0.4) is 0 Å². The van der Waals surface area contributed by atoms with E-state index in [4.69, 9.17) is 0 Å². The number of aromatic nitrogens is 2. The predicted octanol–water partition coefficient (Wildman–Crippen LogP) is 3.27. The van der Waals surface area contributed by atoms with E-state index in [2.05, 4.69) is 17.1 Å². The first-order valence-corrected chi connectivity index (χ1v) is 7.87. The molecule has 106 valence electrons. The predicted molar refractivity (Wildman–Crippen MR) is 87.9 cm³/mol. The van der Waals surface area contributed by atoms with Gasteiger partial charge in [0.1, 0.15) is 0 Å². The summed E-state index contributed by atoms with van der Waals surface area (Å²) in [6.07, 6.45) is 0.966. The minimum absolute atomic E-state index is 0.0165. The Kier molecular flexibility index (Phi) is 4.06. The van der Waals surface area contributed by atoms with Crippen LogP contribution in [0.5, 0.6) is 0 Å². The summed E-state index contributed by atoms with van der Waals surface area (Å²) in [6, 6.07) is 17.8. The summed E-state index contributed by atoms with van der Waals surface area (Å²) in [7, 11) is 1.78. The summed E-state index contributed by atoms with van der Waals surface area (Å²) in [5.41, 5.74) is 2.08. The second-order valence-corrected chi connectivity index (χ2v) is 5.92. The number of nitrogens with zero attached hydrogens (tertiary/aromatic N) is 2. The maximum Gasteiger partial charge on any atom is 0.261 e. The smallest absolute Gasteiger partial charge is 0.261 e. The summed E-state index contributed by atoms with van der Waals surface area (Å²) < 4.78 is 1.64. The van der Waals surface area contributed by atoms with Crippen LogP contribution < -0.4 is 5.56 Å². The van der Waals surface area contributed by atoms with Crippen LogP contribution in [0, 0.1) is 0 Å². The van der Waals surface area contributed by atoms with Gasteiger partial charge in [-0.05, 0) is 24.1 Å². The van der Waals surface area contributed by atoms with Crippen LogP contribution in [0.25, 0.3) is 10.9 Å². The van der Waals surface area contributed by atoms with Crippen LogP contribution in [0.1, 0.15) is 5.56 Å². The zero-order valence-electron chi connectivity index (χ0n) is 11.8. The van der Waals surface area contributed by atoms with Crippen molar-refractivity contribution < 1.29 is 0 Å². The number of benzene rings is 2. The van der Waals surface area contributed by atoms with Crippen LogP contribution in [0.2, 0.25) is 0 Å². The lowest BCUT2D eigenvalue weighted by Crippen LogP contribution is -2.20. The minimum Gasteiger partial charge on any atom is -0.290 e. The van der Waals surface area contributed by atoms with Crippen molar-refractivity contribution >= 4 is 22.7 Å². The molecular weight excluding hydrogens is 280 g/mol. The molecule has 0 aliphatic rings. The van der Waals surface area contributed by atoms with E-state index in [0.717, 1.165) is 22.8 Å². The number of thioether (sulfide) groups is 1. The van der Waals surface area contributed by atoms with E-state index in [-0.39, 0.29) is 5.56 Å². The Balaban J connectivity index is 1.81. The van der Waals surface area contributed by atoms with Crippen LogP contribution >= 0.6 is 11.8 Å². The SMILES string of the molecule is Cn1c(SCCc2ccccc2)nc2ccccc2c1=O. The number of hydrogen-bond donors (Lipinski definition) is 0. The van der Waals surface area contributed by atoms with Crippen molar-refractivity contribution in [1.29, 1.82) is 0 Å². The quantitative estimate of drug-likeness (QED) is 0.547. The third-order valence-electron chi connectivity index (χ3n) is 3.41. The standard InChI is InChI=1S/C17H16N2OS/c1-19-16(20)14-9-5-6-10-15(14)18-17(19)21-12-11-13-7-3-2-4-8-13/h2-10H,11-12H2,1H3. The molecular formula is C17H16N2OS. The average Bonchev–Trinajstić information content (AvgIpc) is 2.53. The first kappa shape index (κ1) is 13.9. The highest BCUT2D eigenvalue weighted by Gasteiger charge is 2.07. The maximum absolute atomic E-state index is 12.3. The van der Waals surface area contributed by atoms with E-state index < -0.39 is 0 Å². The number of aryl methyl sites for hydroxylation is 1. The molecule has 0 saturated carbocycles. The van der Waals surface area contributed by atoms with E-state index in [1.807, 2.05) is 42.5 Å². The normalized spacial score (nSPS) is 10.9. The molecule has 3 aromatic rings. The minimum atomic E-state index is 0.0165. The lowest BCUT2D eigenvalue weighted by molar-refractivity contribution is 0.726. The molecule has 3 nitrogen and oxygen atoms in total. The Morgan fingerprint density at radius 2 is 1.76 bits per heavy atom. The van der Waals surface area contributed by atoms with E-state index in [9.17, 15) is 4.79 Å². The first-order valence-electron chi connectivity index (χ1n) is 6.88. The monoisotopic (exact) mass is 296 g/mol. The molecule has 0 aliphatic heterocycles. The van der Waals surface area contributed by atoms with Gasteiger partial charge < -0.3 is 0 Å². The number of rotatable bonds is 4. The van der Waals surface area contributed by atoms with E-state index >= 15 is 0 Å². The molecule has 0 fully saturated rings. The Bertz CT molecular complexity index is 812. The van der Waals surface area contributed by atoms with Crippen molar-refractivity contribution in [2.75, 3.05) is 5.75 Å². The molecule has 0 radical (unpaired) electrons. The van der Waals surface area contributed by atoms with E-state index in [1.165, 1.54) is 5.56 Å². The topological polar surface area (TPSA) is 34.9 Å². The molecule has 0 spiro atoms. The first-order chi connectivity index (χ1) is 10.3. The molecule has 3 rings (SSSR count). The second-order valence-electron chi connectivity index (χ2n) is 4.86. The highest BCUT2D eigenvalue weighted by Crippen LogP contribution is 2.18. The molecule has 0 bridgehead atoms.